The van der Waals surface area contributed by atoms with Gasteiger partial charge in [0, 0.05) is 29.5 Å². The second-order valence-electron chi connectivity index (χ2n) is 3.98. The first-order valence-corrected chi connectivity index (χ1v) is 6.37. The Balaban J connectivity index is 2.27. The van der Waals surface area contributed by atoms with Gasteiger partial charge in [-0.25, -0.2) is 0 Å². The van der Waals surface area contributed by atoms with Crippen LogP contribution in [0.15, 0.2) is 42.9 Å². The number of rotatable bonds is 2. The summed E-state index contributed by atoms with van der Waals surface area (Å²) in [5, 5.41) is 1.04. The summed E-state index contributed by atoms with van der Waals surface area (Å²) in [4.78, 5) is 20.8. The van der Waals surface area contributed by atoms with Crippen LogP contribution in [-0.2, 0) is 0 Å². The van der Waals surface area contributed by atoms with Crippen LogP contribution in [0.4, 0.5) is 0 Å². The summed E-state index contributed by atoms with van der Waals surface area (Å²) in [7, 11) is 0. The molecular weight excluding hydrogens is 244 g/mol. The SMILES string of the molecule is CC(=O)c1cc2c(-c3ccccn3)cncc2s1. The van der Waals surface area contributed by atoms with Crippen molar-refractivity contribution in [2.75, 3.05) is 0 Å². The van der Waals surface area contributed by atoms with Crippen LogP contribution >= 0.6 is 11.3 Å². The Morgan fingerprint density at radius 2 is 2.17 bits per heavy atom. The summed E-state index contributed by atoms with van der Waals surface area (Å²) < 4.78 is 1.02. The lowest BCUT2D eigenvalue weighted by molar-refractivity contribution is 0.102. The van der Waals surface area contributed by atoms with Gasteiger partial charge in [0.05, 0.1) is 15.3 Å². The number of Topliss-reactive ketones (excluding diaryl/α,β-unsaturated/α-hetero) is 1. The van der Waals surface area contributed by atoms with Gasteiger partial charge in [0.2, 0.25) is 0 Å². The average molecular weight is 254 g/mol. The predicted molar refractivity (Wildman–Crippen MR) is 72.9 cm³/mol. The van der Waals surface area contributed by atoms with Crippen molar-refractivity contribution in [3.63, 3.8) is 0 Å². The lowest BCUT2D eigenvalue weighted by Crippen LogP contribution is -1.85. The van der Waals surface area contributed by atoms with Crippen LogP contribution in [0.25, 0.3) is 21.3 Å². The van der Waals surface area contributed by atoms with Gasteiger partial charge in [-0.1, -0.05) is 6.07 Å². The Morgan fingerprint density at radius 1 is 1.28 bits per heavy atom. The van der Waals surface area contributed by atoms with Crippen LogP contribution in [-0.4, -0.2) is 15.8 Å². The molecule has 0 bridgehead atoms. The molecule has 0 aliphatic carbocycles. The van der Waals surface area contributed by atoms with Crippen LogP contribution in [0.3, 0.4) is 0 Å². The zero-order valence-corrected chi connectivity index (χ0v) is 10.6. The molecule has 0 radical (unpaired) electrons. The number of ketones is 1. The summed E-state index contributed by atoms with van der Waals surface area (Å²) in [6.07, 6.45) is 5.34. The average Bonchev–Trinajstić information content (AvgIpc) is 2.83. The summed E-state index contributed by atoms with van der Waals surface area (Å²) >= 11 is 1.47. The third kappa shape index (κ3) is 1.80. The summed E-state index contributed by atoms with van der Waals surface area (Å²) in [6, 6.07) is 7.70. The topological polar surface area (TPSA) is 42.9 Å². The lowest BCUT2D eigenvalue weighted by atomic mass is 10.1. The molecule has 0 spiro atoms. The Labute approximate surface area is 108 Å². The highest BCUT2D eigenvalue weighted by atomic mass is 32.1. The van der Waals surface area contributed by atoms with Gasteiger partial charge in [0.15, 0.2) is 5.78 Å². The fraction of sp³-hybridized carbons (Fsp3) is 0.0714. The lowest BCUT2D eigenvalue weighted by Gasteiger charge is -2.00. The van der Waals surface area contributed by atoms with E-state index in [-0.39, 0.29) is 5.78 Å². The monoisotopic (exact) mass is 254 g/mol. The van der Waals surface area contributed by atoms with E-state index in [0.717, 1.165) is 26.2 Å². The molecule has 0 atom stereocenters. The molecule has 3 heterocycles. The number of carbonyl (C=O) groups is 1. The van der Waals surface area contributed by atoms with E-state index in [2.05, 4.69) is 9.97 Å². The molecule has 0 aliphatic rings. The smallest absolute Gasteiger partial charge is 0.169 e. The fourth-order valence-electron chi connectivity index (χ4n) is 1.86. The molecule has 0 N–H and O–H groups in total. The van der Waals surface area contributed by atoms with E-state index in [1.165, 1.54) is 11.3 Å². The van der Waals surface area contributed by atoms with Gasteiger partial charge < -0.3 is 0 Å². The molecule has 3 aromatic heterocycles. The van der Waals surface area contributed by atoms with E-state index < -0.39 is 0 Å². The molecule has 0 aromatic carbocycles. The van der Waals surface area contributed by atoms with Crippen LogP contribution in [0, 0.1) is 0 Å². The molecule has 0 saturated carbocycles. The molecule has 0 fully saturated rings. The molecule has 88 valence electrons. The molecule has 0 saturated heterocycles. The number of pyridine rings is 2. The highest BCUT2D eigenvalue weighted by Gasteiger charge is 2.11. The number of thiophene rings is 1. The minimum absolute atomic E-state index is 0.0863. The van der Waals surface area contributed by atoms with Gasteiger partial charge in [-0.15, -0.1) is 11.3 Å². The quantitative estimate of drug-likeness (QED) is 0.657. The molecular formula is C14H10N2OS. The van der Waals surface area contributed by atoms with Crippen LogP contribution in [0.2, 0.25) is 0 Å². The van der Waals surface area contributed by atoms with Gasteiger partial charge in [-0.05, 0) is 25.1 Å². The predicted octanol–water partition coefficient (Wildman–Crippen LogP) is 3.56. The largest absolute Gasteiger partial charge is 0.294 e. The van der Waals surface area contributed by atoms with Gasteiger partial charge in [-0.2, -0.15) is 0 Å². The number of nitrogens with zero attached hydrogens (tertiary/aromatic N) is 2. The fourth-order valence-corrected chi connectivity index (χ4v) is 2.81. The van der Waals surface area contributed by atoms with Crippen LogP contribution in [0.5, 0.6) is 0 Å². The normalized spacial score (nSPS) is 10.7. The maximum atomic E-state index is 11.4. The van der Waals surface area contributed by atoms with Crippen molar-refractivity contribution in [2.45, 2.75) is 6.92 Å². The second-order valence-corrected chi connectivity index (χ2v) is 5.06. The summed E-state index contributed by atoms with van der Waals surface area (Å²) in [6.45, 7) is 1.58. The molecule has 0 aliphatic heterocycles. The standard InChI is InChI=1S/C14H10N2OS/c1-9(17)13-6-10-11(7-15-8-14(10)18-13)12-4-2-3-5-16-12/h2-8H,1H3. The van der Waals surface area contributed by atoms with E-state index in [9.17, 15) is 4.79 Å². The minimum atomic E-state index is 0.0863. The van der Waals surface area contributed by atoms with Crippen LogP contribution < -0.4 is 0 Å². The van der Waals surface area contributed by atoms with E-state index in [0.29, 0.717) is 0 Å². The molecule has 3 rings (SSSR count). The van der Waals surface area contributed by atoms with Crippen LogP contribution in [0.1, 0.15) is 16.6 Å². The third-order valence-electron chi connectivity index (χ3n) is 2.73. The van der Waals surface area contributed by atoms with Gasteiger partial charge in [0.25, 0.3) is 0 Å². The Kier molecular flexibility index (Phi) is 2.64. The number of hydrogen-bond donors (Lipinski definition) is 0. The Bertz CT molecular complexity index is 719. The number of carbonyl (C=O) groups excluding carboxylic acids is 1. The number of hydrogen-bond acceptors (Lipinski definition) is 4. The van der Waals surface area contributed by atoms with Crippen molar-refractivity contribution in [3.05, 3.63) is 47.7 Å². The van der Waals surface area contributed by atoms with E-state index >= 15 is 0 Å². The van der Waals surface area contributed by atoms with Gasteiger partial charge in [0.1, 0.15) is 0 Å². The van der Waals surface area contributed by atoms with Gasteiger partial charge >= 0.3 is 0 Å². The molecule has 3 nitrogen and oxygen atoms in total. The first kappa shape index (κ1) is 11.0. The molecule has 0 amide bonds. The maximum Gasteiger partial charge on any atom is 0.169 e. The summed E-state index contributed by atoms with van der Waals surface area (Å²) in [5.41, 5.74) is 1.85. The van der Waals surface area contributed by atoms with E-state index in [1.807, 2.05) is 24.3 Å². The Hall–Kier alpha value is -2.07. The first-order valence-electron chi connectivity index (χ1n) is 5.55. The molecule has 4 heteroatoms. The van der Waals surface area contributed by atoms with Crippen molar-refractivity contribution < 1.29 is 4.79 Å². The van der Waals surface area contributed by atoms with E-state index in [4.69, 9.17) is 0 Å². The van der Waals surface area contributed by atoms with E-state index in [1.54, 1.807) is 25.5 Å². The molecule has 18 heavy (non-hydrogen) atoms. The van der Waals surface area contributed by atoms with Crippen molar-refractivity contribution in [1.82, 2.24) is 9.97 Å². The zero-order valence-electron chi connectivity index (χ0n) is 9.75. The number of fused-ring (bicyclic) bond motifs is 1. The molecule has 3 aromatic rings. The zero-order chi connectivity index (χ0) is 12.5. The first-order chi connectivity index (χ1) is 8.75. The minimum Gasteiger partial charge on any atom is -0.294 e. The maximum absolute atomic E-state index is 11.4. The van der Waals surface area contributed by atoms with Crippen molar-refractivity contribution in [2.24, 2.45) is 0 Å². The van der Waals surface area contributed by atoms with Crippen molar-refractivity contribution >= 4 is 27.2 Å². The highest BCUT2D eigenvalue weighted by molar-refractivity contribution is 7.20. The highest BCUT2D eigenvalue weighted by Crippen LogP contribution is 2.32. The molecule has 0 unspecified atom stereocenters. The third-order valence-corrected chi connectivity index (χ3v) is 3.90. The second kappa shape index (κ2) is 4.31. The summed E-state index contributed by atoms with van der Waals surface area (Å²) in [5.74, 6) is 0.0863. The van der Waals surface area contributed by atoms with Gasteiger partial charge in [-0.3, -0.25) is 14.8 Å². The number of aromatic nitrogens is 2. The van der Waals surface area contributed by atoms with Crippen molar-refractivity contribution in [3.8, 4) is 11.3 Å². The van der Waals surface area contributed by atoms with Crippen molar-refractivity contribution in [1.29, 1.82) is 0 Å². The Morgan fingerprint density at radius 3 is 2.89 bits per heavy atom.